The van der Waals surface area contributed by atoms with Crippen molar-refractivity contribution < 1.29 is 23.6 Å². The Labute approximate surface area is 160 Å². The van der Waals surface area contributed by atoms with Crippen LogP contribution in [-0.2, 0) is 18.8 Å². The molecule has 0 aliphatic carbocycles. The van der Waals surface area contributed by atoms with Crippen molar-refractivity contribution in [3.05, 3.63) is 60.2 Å². The molecule has 1 aliphatic heterocycles. The molecule has 1 unspecified atom stereocenters. The van der Waals surface area contributed by atoms with Gasteiger partial charge in [-0.15, -0.1) is 0 Å². The van der Waals surface area contributed by atoms with Crippen LogP contribution in [0.15, 0.2) is 54.6 Å². The van der Waals surface area contributed by atoms with Crippen LogP contribution in [0.1, 0.15) is 39.4 Å². The number of rotatable bonds is 5. The molecule has 0 saturated carbocycles. The maximum atomic E-state index is 12.2. The minimum atomic E-state index is -0.843. The number of carbonyl (C=O) groups is 1. The van der Waals surface area contributed by atoms with Gasteiger partial charge in [-0.25, -0.2) is 4.79 Å². The zero-order chi connectivity index (χ0) is 19.7. The van der Waals surface area contributed by atoms with Crippen molar-refractivity contribution in [1.82, 2.24) is 0 Å². The highest BCUT2D eigenvalue weighted by Gasteiger charge is 2.51. The Hall–Kier alpha value is -2.31. The standard InChI is InChI=1S/C21H25BO5/c1-20(2)21(3,4)27-22(26-20)16-12-9-13-17(14-16)25-18(19(23)24-5)15-10-7-6-8-11-15/h6-14,18H,1-5H3. The third kappa shape index (κ3) is 4.02. The van der Waals surface area contributed by atoms with Gasteiger partial charge in [0.05, 0.1) is 18.3 Å². The third-order valence-corrected chi connectivity index (χ3v) is 5.16. The first-order valence-corrected chi connectivity index (χ1v) is 8.98. The monoisotopic (exact) mass is 368 g/mol. The van der Waals surface area contributed by atoms with Crippen LogP contribution in [0, 0.1) is 0 Å². The number of hydrogen-bond acceptors (Lipinski definition) is 5. The molecule has 2 aromatic carbocycles. The van der Waals surface area contributed by atoms with Gasteiger partial charge in [-0.3, -0.25) is 0 Å². The Kier molecular flexibility index (Phi) is 5.31. The predicted molar refractivity (Wildman–Crippen MR) is 104 cm³/mol. The number of esters is 1. The summed E-state index contributed by atoms with van der Waals surface area (Å²) in [6.07, 6.45) is -0.843. The highest BCUT2D eigenvalue weighted by molar-refractivity contribution is 6.62. The van der Waals surface area contributed by atoms with Crippen LogP contribution in [0.5, 0.6) is 5.75 Å². The van der Waals surface area contributed by atoms with Crippen LogP contribution >= 0.6 is 0 Å². The fraction of sp³-hybridized carbons (Fsp3) is 0.381. The zero-order valence-electron chi connectivity index (χ0n) is 16.4. The first-order chi connectivity index (χ1) is 12.7. The van der Waals surface area contributed by atoms with E-state index in [2.05, 4.69) is 0 Å². The van der Waals surface area contributed by atoms with E-state index in [4.69, 9.17) is 18.8 Å². The van der Waals surface area contributed by atoms with Gasteiger partial charge in [0, 0.05) is 5.56 Å². The summed E-state index contributed by atoms with van der Waals surface area (Å²) in [4.78, 5) is 12.2. The lowest BCUT2D eigenvalue weighted by Crippen LogP contribution is -2.41. The Morgan fingerprint density at radius 1 is 0.963 bits per heavy atom. The summed E-state index contributed by atoms with van der Waals surface area (Å²) < 4.78 is 23.1. The van der Waals surface area contributed by atoms with Gasteiger partial charge in [0.15, 0.2) is 0 Å². The minimum Gasteiger partial charge on any atom is -0.474 e. The smallest absolute Gasteiger partial charge is 0.474 e. The molecule has 0 bridgehead atoms. The molecule has 0 radical (unpaired) electrons. The molecule has 142 valence electrons. The van der Waals surface area contributed by atoms with E-state index in [1.807, 2.05) is 76.2 Å². The molecule has 1 aliphatic rings. The van der Waals surface area contributed by atoms with Crippen molar-refractivity contribution in [3.8, 4) is 5.75 Å². The summed E-state index contributed by atoms with van der Waals surface area (Å²) in [6, 6.07) is 16.7. The maximum absolute atomic E-state index is 12.2. The van der Waals surface area contributed by atoms with Crippen molar-refractivity contribution in [3.63, 3.8) is 0 Å². The summed E-state index contributed by atoms with van der Waals surface area (Å²) in [6.45, 7) is 8.04. The highest BCUT2D eigenvalue weighted by atomic mass is 16.7. The van der Waals surface area contributed by atoms with E-state index in [-0.39, 0.29) is 0 Å². The van der Waals surface area contributed by atoms with Crippen LogP contribution in [0.2, 0.25) is 0 Å². The first-order valence-electron chi connectivity index (χ1n) is 8.98. The summed E-state index contributed by atoms with van der Waals surface area (Å²) in [5.74, 6) is 0.0868. The topological polar surface area (TPSA) is 54.0 Å². The van der Waals surface area contributed by atoms with E-state index in [0.29, 0.717) is 5.75 Å². The van der Waals surface area contributed by atoms with Crippen molar-refractivity contribution >= 4 is 18.6 Å². The van der Waals surface area contributed by atoms with Gasteiger partial charge in [-0.2, -0.15) is 0 Å². The largest absolute Gasteiger partial charge is 0.494 e. The summed E-state index contributed by atoms with van der Waals surface area (Å²) in [7, 11) is 0.856. The molecule has 0 N–H and O–H groups in total. The second-order valence-electron chi connectivity index (χ2n) is 7.59. The molecule has 0 spiro atoms. The molecule has 0 amide bonds. The van der Waals surface area contributed by atoms with E-state index in [9.17, 15) is 4.79 Å². The Balaban J connectivity index is 1.84. The van der Waals surface area contributed by atoms with Crippen LogP contribution < -0.4 is 10.2 Å². The van der Waals surface area contributed by atoms with E-state index in [0.717, 1.165) is 11.0 Å². The molecule has 1 heterocycles. The highest BCUT2D eigenvalue weighted by Crippen LogP contribution is 2.36. The summed E-state index contributed by atoms with van der Waals surface area (Å²) in [5, 5.41) is 0. The van der Waals surface area contributed by atoms with Crippen LogP contribution in [0.25, 0.3) is 0 Å². The minimum absolute atomic E-state index is 0.423. The van der Waals surface area contributed by atoms with Crippen molar-refractivity contribution in [2.45, 2.75) is 45.0 Å². The van der Waals surface area contributed by atoms with Crippen LogP contribution in [-0.4, -0.2) is 31.4 Å². The fourth-order valence-corrected chi connectivity index (χ4v) is 2.84. The average molecular weight is 368 g/mol. The van der Waals surface area contributed by atoms with Crippen molar-refractivity contribution in [2.24, 2.45) is 0 Å². The van der Waals surface area contributed by atoms with Gasteiger partial charge in [0.1, 0.15) is 5.75 Å². The number of hydrogen-bond donors (Lipinski definition) is 0. The summed E-state index contributed by atoms with van der Waals surface area (Å²) in [5.41, 5.74) is 0.716. The van der Waals surface area contributed by atoms with Crippen molar-refractivity contribution in [1.29, 1.82) is 0 Å². The van der Waals surface area contributed by atoms with E-state index >= 15 is 0 Å². The lowest BCUT2D eigenvalue weighted by molar-refractivity contribution is -0.149. The van der Waals surface area contributed by atoms with Gasteiger partial charge in [0.2, 0.25) is 6.10 Å². The van der Waals surface area contributed by atoms with Gasteiger partial charge >= 0.3 is 13.1 Å². The number of benzene rings is 2. The van der Waals surface area contributed by atoms with E-state index in [1.165, 1.54) is 7.11 Å². The second kappa shape index (κ2) is 7.37. The third-order valence-electron chi connectivity index (χ3n) is 5.16. The van der Waals surface area contributed by atoms with Gasteiger partial charge in [-0.1, -0.05) is 42.5 Å². The van der Waals surface area contributed by atoms with Gasteiger partial charge < -0.3 is 18.8 Å². The van der Waals surface area contributed by atoms with E-state index in [1.54, 1.807) is 6.07 Å². The molecule has 1 fully saturated rings. The number of carbonyl (C=O) groups excluding carboxylic acids is 1. The molecule has 0 aromatic heterocycles. The Morgan fingerprint density at radius 2 is 1.59 bits per heavy atom. The maximum Gasteiger partial charge on any atom is 0.494 e. The average Bonchev–Trinajstić information content (AvgIpc) is 2.87. The molecule has 5 nitrogen and oxygen atoms in total. The van der Waals surface area contributed by atoms with Crippen LogP contribution in [0.4, 0.5) is 0 Å². The van der Waals surface area contributed by atoms with Gasteiger partial charge in [0.25, 0.3) is 0 Å². The normalized spacial score (nSPS) is 18.8. The molecule has 27 heavy (non-hydrogen) atoms. The first kappa shape index (κ1) is 19.5. The number of methoxy groups -OCH3 is 1. The lowest BCUT2D eigenvalue weighted by Gasteiger charge is -2.32. The van der Waals surface area contributed by atoms with Gasteiger partial charge in [-0.05, 0) is 45.3 Å². The SMILES string of the molecule is COC(=O)C(Oc1cccc(B2OC(C)(C)C(C)(C)O2)c1)c1ccccc1. The molecule has 1 saturated heterocycles. The summed E-state index contributed by atoms with van der Waals surface area (Å²) >= 11 is 0. The Morgan fingerprint density at radius 3 is 2.19 bits per heavy atom. The predicted octanol–water partition coefficient (Wildman–Crippen LogP) is 3.28. The second-order valence-corrected chi connectivity index (χ2v) is 7.59. The quantitative estimate of drug-likeness (QED) is 0.599. The Bertz CT molecular complexity index is 787. The molecule has 3 rings (SSSR count). The van der Waals surface area contributed by atoms with Crippen LogP contribution in [0.3, 0.4) is 0 Å². The molecular formula is C21H25BO5. The molecular weight excluding hydrogens is 343 g/mol. The fourth-order valence-electron chi connectivity index (χ4n) is 2.84. The zero-order valence-corrected chi connectivity index (χ0v) is 16.4. The van der Waals surface area contributed by atoms with E-state index < -0.39 is 30.4 Å². The molecule has 6 heteroatoms. The number of ether oxygens (including phenoxy) is 2. The molecule has 2 aromatic rings. The molecule has 1 atom stereocenters. The lowest BCUT2D eigenvalue weighted by atomic mass is 9.79. The van der Waals surface area contributed by atoms with Crippen molar-refractivity contribution in [2.75, 3.05) is 7.11 Å².